The fourth-order valence-corrected chi connectivity index (χ4v) is 1.97. The Morgan fingerprint density at radius 3 is 1.69 bits per heavy atom. The molecular weight excluding hydrogens is 200 g/mol. The first kappa shape index (κ1) is 9.52. The maximum absolute atomic E-state index is 5.83. The maximum atomic E-state index is 5.83. The lowest BCUT2D eigenvalue weighted by Crippen LogP contribution is -2.34. The van der Waals surface area contributed by atoms with Crippen molar-refractivity contribution >= 4 is 10.8 Å². The molecule has 0 fully saturated rings. The number of hydrogen-bond acceptors (Lipinski definition) is 2. The molecule has 0 amide bonds. The summed E-state index contributed by atoms with van der Waals surface area (Å²) < 4.78 is 11.7. The standard InChI is InChI=1S/C14H14O2/c1-9-10(2)16-14-8-12-6-4-3-5-11(12)7-13(14)15-9/h3-10H,1-2H3. The van der Waals surface area contributed by atoms with Gasteiger partial charge in [0.2, 0.25) is 0 Å². The van der Waals surface area contributed by atoms with Crippen molar-refractivity contribution in [1.29, 1.82) is 0 Å². The Balaban J connectivity index is 2.17. The summed E-state index contributed by atoms with van der Waals surface area (Å²) in [4.78, 5) is 0. The van der Waals surface area contributed by atoms with Crippen LogP contribution < -0.4 is 9.47 Å². The zero-order valence-corrected chi connectivity index (χ0v) is 9.44. The van der Waals surface area contributed by atoms with Crippen LogP contribution in [0, 0.1) is 0 Å². The molecule has 2 aromatic carbocycles. The van der Waals surface area contributed by atoms with Crippen molar-refractivity contribution in [2.24, 2.45) is 0 Å². The maximum Gasteiger partial charge on any atom is 0.162 e. The summed E-state index contributed by atoms with van der Waals surface area (Å²) in [6, 6.07) is 12.3. The summed E-state index contributed by atoms with van der Waals surface area (Å²) >= 11 is 0. The molecule has 0 saturated heterocycles. The van der Waals surface area contributed by atoms with E-state index in [1.54, 1.807) is 0 Å². The van der Waals surface area contributed by atoms with Gasteiger partial charge in [-0.2, -0.15) is 0 Å². The largest absolute Gasteiger partial charge is 0.483 e. The molecule has 0 aromatic heterocycles. The van der Waals surface area contributed by atoms with E-state index >= 15 is 0 Å². The van der Waals surface area contributed by atoms with E-state index in [1.807, 2.05) is 38.1 Å². The van der Waals surface area contributed by atoms with E-state index in [-0.39, 0.29) is 12.2 Å². The highest BCUT2D eigenvalue weighted by molar-refractivity contribution is 5.86. The van der Waals surface area contributed by atoms with Crippen LogP contribution in [0.1, 0.15) is 13.8 Å². The summed E-state index contributed by atoms with van der Waals surface area (Å²) in [7, 11) is 0. The van der Waals surface area contributed by atoms with Gasteiger partial charge in [-0.15, -0.1) is 0 Å². The number of rotatable bonds is 0. The van der Waals surface area contributed by atoms with E-state index in [0.717, 1.165) is 11.5 Å². The molecule has 0 saturated carbocycles. The third-order valence-corrected chi connectivity index (χ3v) is 3.10. The van der Waals surface area contributed by atoms with Gasteiger partial charge in [-0.3, -0.25) is 0 Å². The van der Waals surface area contributed by atoms with E-state index in [1.165, 1.54) is 10.8 Å². The second kappa shape index (κ2) is 3.41. The van der Waals surface area contributed by atoms with Gasteiger partial charge in [-0.05, 0) is 36.8 Å². The van der Waals surface area contributed by atoms with Crippen molar-refractivity contribution in [3.8, 4) is 11.5 Å². The SMILES string of the molecule is CC1Oc2cc3ccccc3cc2OC1C. The van der Waals surface area contributed by atoms with Crippen LogP contribution in [-0.2, 0) is 0 Å². The van der Waals surface area contributed by atoms with Crippen molar-refractivity contribution in [2.75, 3.05) is 0 Å². The topological polar surface area (TPSA) is 18.5 Å². The molecule has 2 nitrogen and oxygen atoms in total. The molecule has 2 aromatic rings. The molecule has 3 rings (SSSR count). The lowest BCUT2D eigenvalue weighted by atomic mass is 10.1. The van der Waals surface area contributed by atoms with Crippen LogP contribution in [0.4, 0.5) is 0 Å². The summed E-state index contributed by atoms with van der Waals surface area (Å²) in [6.45, 7) is 4.06. The molecule has 0 aliphatic carbocycles. The highest BCUT2D eigenvalue weighted by atomic mass is 16.6. The number of hydrogen-bond donors (Lipinski definition) is 0. The summed E-state index contributed by atoms with van der Waals surface area (Å²) in [6.07, 6.45) is 0.210. The van der Waals surface area contributed by atoms with E-state index in [0.29, 0.717) is 0 Å². The molecule has 1 aliphatic heterocycles. The predicted molar refractivity (Wildman–Crippen MR) is 64.1 cm³/mol. The third-order valence-electron chi connectivity index (χ3n) is 3.10. The van der Waals surface area contributed by atoms with Crippen molar-refractivity contribution in [2.45, 2.75) is 26.1 Å². The van der Waals surface area contributed by atoms with Gasteiger partial charge >= 0.3 is 0 Å². The molecule has 2 atom stereocenters. The molecule has 0 spiro atoms. The summed E-state index contributed by atoms with van der Waals surface area (Å²) in [5, 5.41) is 2.37. The monoisotopic (exact) mass is 214 g/mol. The van der Waals surface area contributed by atoms with Gasteiger partial charge in [0.25, 0.3) is 0 Å². The Labute approximate surface area is 94.8 Å². The Hall–Kier alpha value is -1.70. The van der Waals surface area contributed by atoms with Gasteiger partial charge in [0.15, 0.2) is 11.5 Å². The third kappa shape index (κ3) is 1.42. The summed E-state index contributed by atoms with van der Waals surface area (Å²) in [5.41, 5.74) is 0. The van der Waals surface area contributed by atoms with Gasteiger partial charge in [0.1, 0.15) is 12.2 Å². The smallest absolute Gasteiger partial charge is 0.162 e. The van der Waals surface area contributed by atoms with E-state index in [9.17, 15) is 0 Å². The first-order valence-electron chi connectivity index (χ1n) is 5.60. The van der Waals surface area contributed by atoms with Crippen molar-refractivity contribution in [3.05, 3.63) is 36.4 Å². The zero-order chi connectivity index (χ0) is 11.1. The predicted octanol–water partition coefficient (Wildman–Crippen LogP) is 3.39. The Morgan fingerprint density at radius 2 is 1.25 bits per heavy atom. The molecule has 1 aliphatic rings. The molecule has 0 bridgehead atoms. The van der Waals surface area contributed by atoms with Crippen molar-refractivity contribution in [1.82, 2.24) is 0 Å². The van der Waals surface area contributed by atoms with Gasteiger partial charge in [-0.1, -0.05) is 24.3 Å². The number of fused-ring (bicyclic) bond motifs is 2. The van der Waals surface area contributed by atoms with Crippen molar-refractivity contribution in [3.63, 3.8) is 0 Å². The average Bonchev–Trinajstić information content (AvgIpc) is 2.28. The average molecular weight is 214 g/mol. The highest BCUT2D eigenvalue weighted by Crippen LogP contribution is 2.37. The first-order valence-corrected chi connectivity index (χ1v) is 5.60. The molecule has 0 radical (unpaired) electrons. The highest BCUT2D eigenvalue weighted by Gasteiger charge is 2.24. The van der Waals surface area contributed by atoms with E-state index < -0.39 is 0 Å². The molecule has 16 heavy (non-hydrogen) atoms. The first-order chi connectivity index (χ1) is 7.74. The Kier molecular flexibility index (Phi) is 2.03. The molecular formula is C14H14O2. The van der Waals surface area contributed by atoms with Crippen LogP contribution in [-0.4, -0.2) is 12.2 Å². The van der Waals surface area contributed by atoms with E-state index in [4.69, 9.17) is 9.47 Å². The quantitative estimate of drug-likeness (QED) is 0.669. The van der Waals surface area contributed by atoms with Gasteiger partial charge < -0.3 is 9.47 Å². The Bertz CT molecular complexity index is 485. The fraction of sp³-hybridized carbons (Fsp3) is 0.286. The van der Waals surface area contributed by atoms with Gasteiger partial charge in [0.05, 0.1) is 0 Å². The van der Waals surface area contributed by atoms with Crippen LogP contribution in [0.5, 0.6) is 11.5 Å². The van der Waals surface area contributed by atoms with Crippen LogP contribution in [0.2, 0.25) is 0 Å². The van der Waals surface area contributed by atoms with Crippen molar-refractivity contribution < 1.29 is 9.47 Å². The minimum absolute atomic E-state index is 0.105. The van der Waals surface area contributed by atoms with Gasteiger partial charge in [-0.25, -0.2) is 0 Å². The molecule has 2 heteroatoms. The van der Waals surface area contributed by atoms with Crippen LogP contribution in [0.15, 0.2) is 36.4 Å². The lowest BCUT2D eigenvalue weighted by Gasteiger charge is -2.30. The minimum Gasteiger partial charge on any atom is -0.483 e. The fourth-order valence-electron chi connectivity index (χ4n) is 1.97. The second-order valence-corrected chi connectivity index (χ2v) is 4.29. The van der Waals surface area contributed by atoms with Crippen LogP contribution >= 0.6 is 0 Å². The number of benzene rings is 2. The lowest BCUT2D eigenvalue weighted by molar-refractivity contribution is 0.0433. The molecule has 0 N–H and O–H groups in total. The summed E-state index contributed by atoms with van der Waals surface area (Å²) in [5.74, 6) is 1.70. The Morgan fingerprint density at radius 1 is 0.812 bits per heavy atom. The van der Waals surface area contributed by atoms with Gasteiger partial charge in [0, 0.05) is 0 Å². The molecule has 2 unspecified atom stereocenters. The number of ether oxygens (including phenoxy) is 2. The van der Waals surface area contributed by atoms with Crippen LogP contribution in [0.25, 0.3) is 10.8 Å². The van der Waals surface area contributed by atoms with Crippen LogP contribution in [0.3, 0.4) is 0 Å². The normalized spacial score (nSPS) is 23.4. The minimum atomic E-state index is 0.105. The molecule has 1 heterocycles. The molecule has 82 valence electrons. The van der Waals surface area contributed by atoms with E-state index in [2.05, 4.69) is 12.1 Å². The zero-order valence-electron chi connectivity index (χ0n) is 9.44. The second-order valence-electron chi connectivity index (χ2n) is 4.29.